The van der Waals surface area contributed by atoms with Crippen molar-refractivity contribution in [3.63, 3.8) is 0 Å². The second-order valence-electron chi connectivity index (χ2n) is 5.91. The summed E-state index contributed by atoms with van der Waals surface area (Å²) < 4.78 is 26.9. The van der Waals surface area contributed by atoms with Crippen LogP contribution in [0.25, 0.3) is 11.8 Å². The van der Waals surface area contributed by atoms with Crippen LogP contribution in [0.3, 0.4) is 0 Å². The van der Waals surface area contributed by atoms with Crippen molar-refractivity contribution in [2.75, 3.05) is 27.9 Å². The van der Waals surface area contributed by atoms with E-state index in [9.17, 15) is 4.79 Å². The maximum absolute atomic E-state index is 12.3. The number of hydrogen-bond acceptors (Lipinski definition) is 6. The summed E-state index contributed by atoms with van der Waals surface area (Å²) in [6.07, 6.45) is 3.43. The van der Waals surface area contributed by atoms with E-state index in [0.29, 0.717) is 35.2 Å². The van der Waals surface area contributed by atoms with Gasteiger partial charge in [0.1, 0.15) is 11.5 Å². The van der Waals surface area contributed by atoms with E-state index in [-0.39, 0.29) is 0 Å². The number of hydrogen-bond donors (Lipinski definition) is 0. The lowest BCUT2D eigenvalue weighted by atomic mass is 10.1. The van der Waals surface area contributed by atoms with Crippen molar-refractivity contribution >= 4 is 17.8 Å². The van der Waals surface area contributed by atoms with Crippen LogP contribution in [0.2, 0.25) is 0 Å². The second kappa shape index (κ2) is 8.52. The molecule has 0 unspecified atom stereocenters. The number of cyclic esters (lactones) is 1. The minimum atomic E-state index is -0.419. The molecule has 28 heavy (non-hydrogen) atoms. The summed E-state index contributed by atoms with van der Waals surface area (Å²) in [6, 6.07) is 10.9. The van der Waals surface area contributed by atoms with Gasteiger partial charge in [-0.15, -0.1) is 0 Å². The monoisotopic (exact) mass is 382 g/mol. The molecular formula is C22H22O6. The third-order valence-corrected chi connectivity index (χ3v) is 4.18. The van der Waals surface area contributed by atoms with E-state index in [2.05, 4.69) is 0 Å². The number of carbonyl (C=O) groups is 1. The molecule has 6 heteroatoms. The first-order valence-electron chi connectivity index (χ1n) is 8.78. The predicted molar refractivity (Wildman–Crippen MR) is 106 cm³/mol. The molecule has 0 aromatic heterocycles. The minimum Gasteiger partial charge on any atom is -0.494 e. The maximum Gasteiger partial charge on any atom is 0.343 e. The molecule has 1 aliphatic heterocycles. The third kappa shape index (κ3) is 3.96. The minimum absolute atomic E-state index is 0.419. The van der Waals surface area contributed by atoms with Crippen molar-refractivity contribution in [2.24, 2.45) is 0 Å². The van der Waals surface area contributed by atoms with E-state index in [1.807, 2.05) is 31.2 Å². The zero-order valence-corrected chi connectivity index (χ0v) is 16.3. The molecule has 0 amide bonds. The molecule has 6 nitrogen and oxygen atoms in total. The molecule has 0 radical (unpaired) electrons. The highest BCUT2D eigenvalue weighted by Crippen LogP contribution is 2.39. The number of methoxy groups -OCH3 is 3. The molecule has 0 spiro atoms. The molecule has 3 rings (SSSR count). The number of ether oxygens (including phenoxy) is 5. The number of rotatable bonds is 7. The van der Waals surface area contributed by atoms with Crippen LogP contribution in [0.5, 0.6) is 23.0 Å². The van der Waals surface area contributed by atoms with Crippen LogP contribution in [0.15, 0.2) is 48.0 Å². The topological polar surface area (TPSA) is 63.2 Å². The van der Waals surface area contributed by atoms with E-state index >= 15 is 0 Å². The second-order valence-corrected chi connectivity index (χ2v) is 5.91. The first-order chi connectivity index (χ1) is 13.6. The molecule has 1 aliphatic rings. The summed E-state index contributed by atoms with van der Waals surface area (Å²) in [4.78, 5) is 12.3. The summed E-state index contributed by atoms with van der Waals surface area (Å²) in [5.41, 5.74) is 1.95. The predicted octanol–water partition coefficient (Wildman–Crippen LogP) is 4.09. The maximum atomic E-state index is 12.3. The highest BCUT2D eigenvalue weighted by atomic mass is 16.5. The van der Waals surface area contributed by atoms with Gasteiger partial charge < -0.3 is 23.7 Å². The molecule has 0 saturated heterocycles. The summed E-state index contributed by atoms with van der Waals surface area (Å²) in [5, 5.41) is 0. The van der Waals surface area contributed by atoms with Gasteiger partial charge in [-0.2, -0.15) is 0 Å². The Morgan fingerprint density at radius 3 is 2.14 bits per heavy atom. The van der Waals surface area contributed by atoms with Gasteiger partial charge in [0.05, 0.1) is 33.5 Å². The van der Waals surface area contributed by atoms with Crippen LogP contribution in [0.4, 0.5) is 0 Å². The van der Waals surface area contributed by atoms with E-state index in [1.54, 1.807) is 45.6 Å². The number of benzene rings is 2. The van der Waals surface area contributed by atoms with Crippen LogP contribution in [0, 0.1) is 0 Å². The van der Waals surface area contributed by atoms with Gasteiger partial charge in [-0.25, -0.2) is 4.79 Å². The van der Waals surface area contributed by atoms with Crippen LogP contribution in [0.1, 0.15) is 18.1 Å². The Morgan fingerprint density at radius 2 is 1.61 bits per heavy atom. The molecule has 0 fully saturated rings. The number of esters is 1. The van der Waals surface area contributed by atoms with Gasteiger partial charge in [0.2, 0.25) is 5.75 Å². The Bertz CT molecular complexity index is 900. The summed E-state index contributed by atoms with van der Waals surface area (Å²) in [6.45, 7) is 2.52. The van der Waals surface area contributed by atoms with Crippen molar-refractivity contribution in [2.45, 2.75) is 6.92 Å². The molecule has 0 saturated carbocycles. The molecule has 0 N–H and O–H groups in total. The molecule has 2 aromatic carbocycles. The Balaban J connectivity index is 1.93. The largest absolute Gasteiger partial charge is 0.494 e. The van der Waals surface area contributed by atoms with E-state index in [4.69, 9.17) is 23.7 Å². The van der Waals surface area contributed by atoms with Crippen LogP contribution >= 0.6 is 0 Å². The van der Waals surface area contributed by atoms with E-state index in [1.165, 1.54) is 0 Å². The summed E-state index contributed by atoms with van der Waals surface area (Å²) in [7, 11) is 4.63. The van der Waals surface area contributed by atoms with Gasteiger partial charge in [0, 0.05) is 5.56 Å². The van der Waals surface area contributed by atoms with Crippen LogP contribution < -0.4 is 18.9 Å². The fourth-order valence-electron chi connectivity index (χ4n) is 2.88. The van der Waals surface area contributed by atoms with Crippen molar-refractivity contribution in [3.8, 4) is 23.0 Å². The van der Waals surface area contributed by atoms with Gasteiger partial charge in [-0.3, -0.25) is 0 Å². The summed E-state index contributed by atoms with van der Waals surface area (Å²) in [5.74, 6) is 2.35. The van der Waals surface area contributed by atoms with Gasteiger partial charge in [0.25, 0.3) is 0 Å². The molecule has 0 bridgehead atoms. The molecule has 146 valence electrons. The normalized spacial score (nSPS) is 14.5. The smallest absolute Gasteiger partial charge is 0.343 e. The Labute approximate surface area is 163 Å². The van der Waals surface area contributed by atoms with E-state index < -0.39 is 5.97 Å². The van der Waals surface area contributed by atoms with Crippen molar-refractivity contribution in [1.82, 2.24) is 0 Å². The first-order valence-corrected chi connectivity index (χ1v) is 8.78. The lowest BCUT2D eigenvalue weighted by molar-refractivity contribution is -0.130. The molecule has 0 atom stereocenters. The highest BCUT2D eigenvalue weighted by molar-refractivity contribution is 6.05. The quantitative estimate of drug-likeness (QED) is 0.531. The average molecular weight is 382 g/mol. The fourth-order valence-corrected chi connectivity index (χ4v) is 2.88. The molecular weight excluding hydrogens is 360 g/mol. The van der Waals surface area contributed by atoms with Crippen molar-refractivity contribution in [1.29, 1.82) is 0 Å². The SMILES string of the molecule is CCOc1ccc(C2=C/C(=C\c3cc(OC)c(OC)c(OC)c3)C(=O)O2)cc1. The Hall–Kier alpha value is -3.41. The van der Waals surface area contributed by atoms with Gasteiger partial charge >= 0.3 is 5.97 Å². The third-order valence-electron chi connectivity index (χ3n) is 4.18. The zero-order valence-electron chi connectivity index (χ0n) is 16.3. The zero-order chi connectivity index (χ0) is 20.1. The van der Waals surface area contributed by atoms with E-state index in [0.717, 1.165) is 16.9 Å². The van der Waals surface area contributed by atoms with Crippen LogP contribution in [-0.4, -0.2) is 33.9 Å². The summed E-state index contributed by atoms with van der Waals surface area (Å²) >= 11 is 0. The number of carbonyl (C=O) groups excluding carboxylic acids is 1. The Morgan fingerprint density at radius 1 is 0.964 bits per heavy atom. The van der Waals surface area contributed by atoms with Gasteiger partial charge in [-0.1, -0.05) is 0 Å². The van der Waals surface area contributed by atoms with Crippen molar-refractivity contribution in [3.05, 3.63) is 59.2 Å². The Kier molecular flexibility index (Phi) is 5.89. The fraction of sp³-hybridized carbons (Fsp3) is 0.227. The van der Waals surface area contributed by atoms with Gasteiger partial charge in [-0.05, 0) is 61.0 Å². The van der Waals surface area contributed by atoms with Crippen molar-refractivity contribution < 1.29 is 28.5 Å². The lowest BCUT2D eigenvalue weighted by Gasteiger charge is -2.12. The molecule has 2 aromatic rings. The molecule has 0 aliphatic carbocycles. The standard InChI is InChI=1S/C22H22O6/c1-5-27-17-8-6-15(7-9-17)18-13-16(22(23)28-18)10-14-11-19(24-2)21(26-4)20(12-14)25-3/h6-13H,5H2,1-4H3/b16-10+. The highest BCUT2D eigenvalue weighted by Gasteiger charge is 2.22. The van der Waals surface area contributed by atoms with Gasteiger partial charge in [0.15, 0.2) is 11.5 Å². The average Bonchev–Trinajstić information content (AvgIpc) is 3.08. The molecule has 1 heterocycles. The van der Waals surface area contributed by atoms with Crippen LogP contribution in [-0.2, 0) is 9.53 Å². The lowest BCUT2D eigenvalue weighted by Crippen LogP contribution is -1.98. The first kappa shape index (κ1) is 19.4.